The second-order valence-corrected chi connectivity index (χ2v) is 4.41. The predicted octanol–water partition coefficient (Wildman–Crippen LogP) is 2.63. The van der Waals surface area contributed by atoms with Crippen LogP contribution in [0.4, 0.5) is 0 Å². The van der Waals surface area contributed by atoms with Crippen molar-refractivity contribution in [2.75, 3.05) is 27.9 Å². The summed E-state index contributed by atoms with van der Waals surface area (Å²) in [4.78, 5) is 0. The summed E-state index contributed by atoms with van der Waals surface area (Å²) in [5, 5.41) is 3.35. The zero-order valence-electron chi connectivity index (χ0n) is 11.2. The van der Waals surface area contributed by atoms with Crippen molar-refractivity contribution < 1.29 is 9.47 Å². The molecule has 1 rings (SSSR count). The Morgan fingerprint density at radius 1 is 1.29 bits per heavy atom. The molecule has 0 saturated carbocycles. The Morgan fingerprint density at radius 2 is 2.06 bits per heavy atom. The van der Waals surface area contributed by atoms with Crippen LogP contribution in [0.3, 0.4) is 0 Å². The van der Waals surface area contributed by atoms with Crippen molar-refractivity contribution in [2.45, 2.75) is 19.4 Å². The Kier molecular flexibility index (Phi) is 6.01. The van der Waals surface area contributed by atoms with E-state index in [1.54, 1.807) is 14.2 Å². The van der Waals surface area contributed by atoms with Crippen molar-refractivity contribution in [1.82, 2.24) is 5.32 Å². The fourth-order valence-corrected chi connectivity index (χ4v) is 2.03. The minimum absolute atomic E-state index is 0.343. The van der Waals surface area contributed by atoms with Crippen LogP contribution in [0.15, 0.2) is 24.3 Å². The van der Waals surface area contributed by atoms with Gasteiger partial charge in [0.25, 0.3) is 0 Å². The van der Waals surface area contributed by atoms with Crippen molar-refractivity contribution in [3.8, 4) is 5.75 Å². The van der Waals surface area contributed by atoms with E-state index in [0.29, 0.717) is 12.0 Å². The van der Waals surface area contributed by atoms with Crippen LogP contribution >= 0.6 is 0 Å². The molecule has 0 spiro atoms. The lowest BCUT2D eigenvalue weighted by Crippen LogP contribution is -2.20. The molecule has 0 aromatic heterocycles. The van der Waals surface area contributed by atoms with Gasteiger partial charge in [0.1, 0.15) is 5.75 Å². The van der Waals surface area contributed by atoms with Gasteiger partial charge in [0.2, 0.25) is 0 Å². The number of ether oxygens (including phenoxy) is 2. The van der Waals surface area contributed by atoms with Crippen LogP contribution in [-0.2, 0) is 4.74 Å². The monoisotopic (exact) mass is 237 g/mol. The number of rotatable bonds is 7. The molecule has 1 aromatic rings. The SMILES string of the molecule is CNC(CC(C)COC)c1cccc(OC)c1. The number of methoxy groups -OCH3 is 2. The van der Waals surface area contributed by atoms with Crippen LogP contribution in [0.5, 0.6) is 5.75 Å². The molecule has 0 saturated heterocycles. The van der Waals surface area contributed by atoms with E-state index in [4.69, 9.17) is 9.47 Å². The molecule has 0 aliphatic carbocycles. The Morgan fingerprint density at radius 3 is 2.65 bits per heavy atom. The molecule has 3 heteroatoms. The highest BCUT2D eigenvalue weighted by molar-refractivity contribution is 5.30. The molecule has 0 aliphatic heterocycles. The molecule has 0 heterocycles. The average molecular weight is 237 g/mol. The maximum absolute atomic E-state index is 5.25. The first-order valence-corrected chi connectivity index (χ1v) is 6.01. The molecule has 0 bridgehead atoms. The lowest BCUT2D eigenvalue weighted by molar-refractivity contribution is 0.150. The van der Waals surface area contributed by atoms with Gasteiger partial charge in [-0.05, 0) is 37.1 Å². The van der Waals surface area contributed by atoms with E-state index in [1.807, 2.05) is 19.2 Å². The molecule has 1 aromatic carbocycles. The molecular formula is C14H23NO2. The van der Waals surface area contributed by atoms with Gasteiger partial charge >= 0.3 is 0 Å². The topological polar surface area (TPSA) is 30.5 Å². The Balaban J connectivity index is 2.71. The number of hydrogen-bond acceptors (Lipinski definition) is 3. The summed E-state index contributed by atoms with van der Waals surface area (Å²) in [6.45, 7) is 3.00. The fraction of sp³-hybridized carbons (Fsp3) is 0.571. The standard InChI is InChI=1S/C14H23NO2/c1-11(10-16-3)8-14(15-2)12-6-5-7-13(9-12)17-4/h5-7,9,11,14-15H,8,10H2,1-4H3. The van der Waals surface area contributed by atoms with Gasteiger partial charge in [-0.25, -0.2) is 0 Å². The third-order valence-corrected chi connectivity index (χ3v) is 2.93. The second-order valence-electron chi connectivity index (χ2n) is 4.41. The third kappa shape index (κ3) is 4.36. The van der Waals surface area contributed by atoms with Crippen molar-refractivity contribution in [3.05, 3.63) is 29.8 Å². The minimum Gasteiger partial charge on any atom is -0.497 e. The Labute approximate surface area is 104 Å². The normalized spacial score (nSPS) is 14.4. The lowest BCUT2D eigenvalue weighted by atomic mass is 9.96. The largest absolute Gasteiger partial charge is 0.497 e. The van der Waals surface area contributed by atoms with Crippen LogP contribution in [0.2, 0.25) is 0 Å². The Hall–Kier alpha value is -1.06. The fourth-order valence-electron chi connectivity index (χ4n) is 2.03. The van der Waals surface area contributed by atoms with E-state index in [0.717, 1.165) is 18.8 Å². The van der Waals surface area contributed by atoms with Gasteiger partial charge in [0.05, 0.1) is 7.11 Å². The molecular weight excluding hydrogens is 214 g/mol. The summed E-state index contributed by atoms with van der Waals surface area (Å²) in [7, 11) is 5.43. The molecule has 0 aliphatic rings. The summed E-state index contributed by atoms with van der Waals surface area (Å²) in [5.41, 5.74) is 1.26. The van der Waals surface area contributed by atoms with E-state index in [-0.39, 0.29) is 0 Å². The van der Waals surface area contributed by atoms with Crippen molar-refractivity contribution >= 4 is 0 Å². The van der Waals surface area contributed by atoms with Crippen LogP contribution in [0.1, 0.15) is 24.9 Å². The van der Waals surface area contributed by atoms with Crippen molar-refractivity contribution in [1.29, 1.82) is 0 Å². The van der Waals surface area contributed by atoms with Gasteiger partial charge in [-0.3, -0.25) is 0 Å². The van der Waals surface area contributed by atoms with Crippen molar-refractivity contribution in [2.24, 2.45) is 5.92 Å². The van der Waals surface area contributed by atoms with Gasteiger partial charge in [-0.15, -0.1) is 0 Å². The first-order chi connectivity index (χ1) is 8.21. The number of hydrogen-bond donors (Lipinski definition) is 1. The predicted molar refractivity (Wildman–Crippen MR) is 70.5 cm³/mol. The van der Waals surface area contributed by atoms with Crippen LogP contribution < -0.4 is 10.1 Å². The summed E-state index contributed by atoms with van der Waals surface area (Å²) < 4.78 is 10.4. The number of benzene rings is 1. The van der Waals surface area contributed by atoms with Gasteiger partial charge in [-0.2, -0.15) is 0 Å². The van der Waals surface area contributed by atoms with E-state index in [2.05, 4.69) is 24.4 Å². The molecule has 0 fully saturated rings. The zero-order valence-corrected chi connectivity index (χ0v) is 11.2. The first-order valence-electron chi connectivity index (χ1n) is 6.01. The lowest BCUT2D eigenvalue weighted by Gasteiger charge is -2.21. The van der Waals surface area contributed by atoms with Crippen LogP contribution in [0, 0.1) is 5.92 Å². The highest BCUT2D eigenvalue weighted by atomic mass is 16.5. The minimum atomic E-state index is 0.343. The molecule has 96 valence electrons. The van der Waals surface area contributed by atoms with Gasteiger partial charge in [-0.1, -0.05) is 19.1 Å². The van der Waals surface area contributed by atoms with Gasteiger partial charge < -0.3 is 14.8 Å². The molecule has 2 unspecified atom stereocenters. The van der Waals surface area contributed by atoms with Crippen LogP contribution in [0.25, 0.3) is 0 Å². The number of nitrogens with one attached hydrogen (secondary N) is 1. The van der Waals surface area contributed by atoms with Crippen molar-refractivity contribution in [3.63, 3.8) is 0 Å². The average Bonchev–Trinajstić information content (AvgIpc) is 2.36. The highest BCUT2D eigenvalue weighted by Crippen LogP contribution is 2.24. The third-order valence-electron chi connectivity index (χ3n) is 2.93. The molecule has 1 N–H and O–H groups in total. The van der Waals surface area contributed by atoms with Crippen LogP contribution in [-0.4, -0.2) is 27.9 Å². The Bertz CT molecular complexity index is 328. The molecule has 2 atom stereocenters. The summed E-state index contributed by atoms with van der Waals surface area (Å²) in [5.74, 6) is 1.44. The zero-order chi connectivity index (χ0) is 12.7. The summed E-state index contributed by atoms with van der Waals surface area (Å²) >= 11 is 0. The van der Waals surface area contributed by atoms with E-state index < -0.39 is 0 Å². The van der Waals surface area contributed by atoms with E-state index >= 15 is 0 Å². The maximum atomic E-state index is 5.25. The molecule has 0 radical (unpaired) electrons. The molecule has 0 amide bonds. The highest BCUT2D eigenvalue weighted by Gasteiger charge is 2.14. The van der Waals surface area contributed by atoms with E-state index in [1.165, 1.54) is 5.56 Å². The summed E-state index contributed by atoms with van der Waals surface area (Å²) in [6, 6.07) is 8.55. The van der Waals surface area contributed by atoms with E-state index in [9.17, 15) is 0 Å². The molecule has 3 nitrogen and oxygen atoms in total. The van der Waals surface area contributed by atoms with Gasteiger partial charge in [0.15, 0.2) is 0 Å². The van der Waals surface area contributed by atoms with Gasteiger partial charge in [0, 0.05) is 19.8 Å². The smallest absolute Gasteiger partial charge is 0.119 e. The second kappa shape index (κ2) is 7.30. The first kappa shape index (κ1) is 14.0. The molecule has 17 heavy (non-hydrogen) atoms. The maximum Gasteiger partial charge on any atom is 0.119 e. The summed E-state index contributed by atoms with van der Waals surface area (Å²) in [6.07, 6.45) is 1.05. The quantitative estimate of drug-likeness (QED) is 0.790.